The van der Waals surface area contributed by atoms with Crippen molar-refractivity contribution in [1.29, 1.82) is 0 Å². The lowest BCUT2D eigenvalue weighted by Crippen LogP contribution is -2.24. The Morgan fingerprint density at radius 1 is 1.39 bits per heavy atom. The molecule has 0 radical (unpaired) electrons. The third-order valence-electron chi connectivity index (χ3n) is 4.34. The average molecular weight is 402 g/mol. The molecule has 2 heterocycles. The van der Waals surface area contributed by atoms with Crippen LogP contribution in [0.1, 0.15) is 35.2 Å². The van der Waals surface area contributed by atoms with E-state index in [1.807, 2.05) is 13.8 Å². The summed E-state index contributed by atoms with van der Waals surface area (Å²) in [4.78, 5) is 33.1. The predicted octanol–water partition coefficient (Wildman–Crippen LogP) is 2.92. The summed E-state index contributed by atoms with van der Waals surface area (Å²) in [5.74, 6) is -0.902. The van der Waals surface area contributed by atoms with Crippen molar-refractivity contribution in [2.75, 3.05) is 0 Å². The first-order chi connectivity index (χ1) is 13.3. The van der Waals surface area contributed by atoms with Crippen molar-refractivity contribution >= 4 is 33.2 Å². The molecule has 3 rings (SSSR count). The number of nitrogens with one attached hydrogen (secondary N) is 2. The summed E-state index contributed by atoms with van der Waals surface area (Å²) in [5, 5.41) is 14.4. The molecule has 146 valence electrons. The molecule has 7 nitrogen and oxygen atoms in total. The number of thiophene rings is 1. The molecule has 0 spiro atoms. The zero-order chi connectivity index (χ0) is 20.4. The number of amides is 1. The Labute approximate surface area is 164 Å². The number of benzene rings is 1. The summed E-state index contributed by atoms with van der Waals surface area (Å²) in [5.41, 5.74) is 3.51. The van der Waals surface area contributed by atoms with Crippen LogP contribution < -0.4 is 11.0 Å². The molecular formula is C19H19FN4O3S. The van der Waals surface area contributed by atoms with Crippen LogP contribution in [0, 0.1) is 19.7 Å². The maximum absolute atomic E-state index is 13.4. The Balaban J connectivity index is 1.80. The molecule has 0 saturated carbocycles. The minimum absolute atomic E-state index is 0.129. The number of aromatic nitrogens is 2. The molecular weight excluding hydrogens is 383 g/mol. The zero-order valence-corrected chi connectivity index (χ0v) is 16.4. The Morgan fingerprint density at radius 3 is 2.86 bits per heavy atom. The van der Waals surface area contributed by atoms with Crippen LogP contribution in [0.25, 0.3) is 10.2 Å². The van der Waals surface area contributed by atoms with Crippen molar-refractivity contribution in [3.63, 3.8) is 0 Å². The smallest absolute Gasteiger partial charge is 0.259 e. The fourth-order valence-electron chi connectivity index (χ4n) is 2.77. The number of phenols is 1. The first-order valence-electron chi connectivity index (χ1n) is 8.63. The molecule has 0 bridgehead atoms. The van der Waals surface area contributed by atoms with Gasteiger partial charge in [0.05, 0.1) is 17.5 Å². The second kappa shape index (κ2) is 7.89. The SMILES string of the molecule is CC/C(=N\NC(=O)Cc1nc2sc(C)c(C)c2c(=O)[nH]1)c1cc(F)ccc1O. The number of carbonyl (C=O) groups excluding carboxylic acids is 1. The summed E-state index contributed by atoms with van der Waals surface area (Å²) >= 11 is 1.40. The van der Waals surface area contributed by atoms with Crippen LogP contribution in [0.4, 0.5) is 4.39 Å². The third kappa shape index (κ3) is 3.94. The van der Waals surface area contributed by atoms with Gasteiger partial charge in [-0.3, -0.25) is 9.59 Å². The van der Waals surface area contributed by atoms with Gasteiger partial charge in [0, 0.05) is 10.4 Å². The van der Waals surface area contributed by atoms with Crippen molar-refractivity contribution in [1.82, 2.24) is 15.4 Å². The van der Waals surface area contributed by atoms with Crippen molar-refractivity contribution in [2.45, 2.75) is 33.6 Å². The molecule has 1 aromatic carbocycles. The Kier molecular flexibility index (Phi) is 5.55. The van der Waals surface area contributed by atoms with Gasteiger partial charge in [0.1, 0.15) is 22.2 Å². The lowest BCUT2D eigenvalue weighted by Gasteiger charge is -2.07. The number of aromatic amines is 1. The minimum Gasteiger partial charge on any atom is -0.507 e. The Bertz CT molecular complexity index is 1150. The van der Waals surface area contributed by atoms with Crippen LogP contribution in [-0.4, -0.2) is 26.7 Å². The van der Waals surface area contributed by atoms with E-state index in [1.54, 1.807) is 6.92 Å². The summed E-state index contributed by atoms with van der Waals surface area (Å²) < 4.78 is 13.4. The maximum Gasteiger partial charge on any atom is 0.259 e. The Morgan fingerprint density at radius 2 is 2.14 bits per heavy atom. The van der Waals surface area contributed by atoms with Gasteiger partial charge in [-0.25, -0.2) is 14.8 Å². The highest BCUT2D eigenvalue weighted by Gasteiger charge is 2.14. The van der Waals surface area contributed by atoms with Gasteiger partial charge in [-0.2, -0.15) is 5.10 Å². The topological polar surface area (TPSA) is 107 Å². The second-order valence-electron chi connectivity index (χ2n) is 6.26. The van der Waals surface area contributed by atoms with E-state index in [1.165, 1.54) is 17.4 Å². The van der Waals surface area contributed by atoms with Gasteiger partial charge in [-0.1, -0.05) is 6.92 Å². The van der Waals surface area contributed by atoms with Crippen molar-refractivity contribution in [2.24, 2.45) is 5.10 Å². The summed E-state index contributed by atoms with van der Waals surface area (Å²) in [6.07, 6.45) is 0.197. The van der Waals surface area contributed by atoms with E-state index < -0.39 is 11.7 Å². The number of aryl methyl sites for hydroxylation is 2. The maximum atomic E-state index is 13.4. The first kappa shape index (κ1) is 19.7. The van der Waals surface area contributed by atoms with Crippen LogP contribution in [0.2, 0.25) is 0 Å². The molecule has 1 amide bonds. The van der Waals surface area contributed by atoms with Crippen LogP contribution in [0.3, 0.4) is 0 Å². The molecule has 0 aliphatic heterocycles. The van der Waals surface area contributed by atoms with Crippen LogP contribution >= 0.6 is 11.3 Å². The standard InChI is InChI=1S/C19H19FN4O3S/c1-4-13(12-7-11(20)5-6-14(12)25)23-24-16(26)8-15-21-18(27)17-9(2)10(3)28-19(17)22-15/h5-7,25H,4,8H2,1-3H3,(H,24,26)(H,21,22,27)/b23-13+. The highest BCUT2D eigenvalue weighted by Crippen LogP contribution is 2.25. The van der Waals surface area contributed by atoms with E-state index >= 15 is 0 Å². The summed E-state index contributed by atoms with van der Waals surface area (Å²) in [7, 11) is 0. The molecule has 2 aromatic heterocycles. The van der Waals surface area contributed by atoms with Crippen LogP contribution in [0.5, 0.6) is 5.75 Å². The number of carbonyl (C=O) groups is 1. The Hall–Kier alpha value is -3.07. The number of nitrogens with zero attached hydrogens (tertiary/aromatic N) is 2. The molecule has 0 unspecified atom stereocenters. The highest BCUT2D eigenvalue weighted by molar-refractivity contribution is 7.18. The van der Waals surface area contributed by atoms with Gasteiger partial charge in [0.2, 0.25) is 5.91 Å². The fraction of sp³-hybridized carbons (Fsp3) is 0.263. The number of fused-ring (bicyclic) bond motifs is 1. The van der Waals surface area contributed by atoms with Crippen LogP contribution in [0.15, 0.2) is 28.1 Å². The molecule has 0 fully saturated rings. The number of hydrazone groups is 1. The van der Waals surface area contributed by atoms with Gasteiger partial charge in [0.25, 0.3) is 5.56 Å². The van der Waals surface area contributed by atoms with Gasteiger partial charge in [-0.15, -0.1) is 11.3 Å². The van der Waals surface area contributed by atoms with E-state index in [9.17, 15) is 19.1 Å². The van der Waals surface area contributed by atoms with E-state index in [0.29, 0.717) is 22.3 Å². The fourth-order valence-corrected chi connectivity index (χ4v) is 3.82. The van der Waals surface area contributed by atoms with E-state index in [4.69, 9.17) is 0 Å². The predicted molar refractivity (Wildman–Crippen MR) is 106 cm³/mol. The first-order valence-corrected chi connectivity index (χ1v) is 9.45. The molecule has 0 aliphatic rings. The zero-order valence-electron chi connectivity index (χ0n) is 15.6. The van der Waals surface area contributed by atoms with Gasteiger partial charge < -0.3 is 10.1 Å². The largest absolute Gasteiger partial charge is 0.507 e. The normalized spacial score (nSPS) is 11.8. The van der Waals surface area contributed by atoms with Gasteiger partial charge in [0.15, 0.2) is 0 Å². The van der Waals surface area contributed by atoms with Crippen molar-refractivity contribution in [3.8, 4) is 5.75 Å². The van der Waals surface area contributed by atoms with Crippen molar-refractivity contribution < 1.29 is 14.3 Å². The van der Waals surface area contributed by atoms with E-state index in [2.05, 4.69) is 20.5 Å². The number of aromatic hydroxyl groups is 1. The molecule has 0 atom stereocenters. The molecule has 3 aromatic rings. The number of hydrogen-bond acceptors (Lipinski definition) is 6. The van der Waals surface area contributed by atoms with Crippen LogP contribution in [-0.2, 0) is 11.2 Å². The van der Waals surface area contributed by atoms with Gasteiger partial charge >= 0.3 is 0 Å². The third-order valence-corrected chi connectivity index (χ3v) is 5.44. The van der Waals surface area contributed by atoms with Gasteiger partial charge in [-0.05, 0) is 44.0 Å². The summed E-state index contributed by atoms with van der Waals surface area (Å²) in [6.45, 7) is 5.54. The molecule has 3 N–H and O–H groups in total. The second-order valence-corrected chi connectivity index (χ2v) is 7.46. The number of rotatable bonds is 5. The lowest BCUT2D eigenvalue weighted by atomic mass is 10.1. The molecule has 9 heteroatoms. The lowest BCUT2D eigenvalue weighted by molar-refractivity contribution is -0.120. The van der Waals surface area contributed by atoms with Crippen molar-refractivity contribution in [3.05, 3.63) is 56.2 Å². The molecule has 0 aliphatic carbocycles. The highest BCUT2D eigenvalue weighted by atomic mass is 32.1. The quantitative estimate of drug-likeness (QED) is 0.450. The number of phenolic OH excluding ortho intramolecular Hbond substituents is 1. The molecule has 28 heavy (non-hydrogen) atoms. The molecule has 0 saturated heterocycles. The number of halogens is 1. The summed E-state index contributed by atoms with van der Waals surface area (Å²) in [6, 6.07) is 3.52. The average Bonchev–Trinajstić information content (AvgIpc) is 2.92. The monoisotopic (exact) mass is 402 g/mol. The van der Waals surface area contributed by atoms with E-state index in [0.717, 1.165) is 22.6 Å². The minimum atomic E-state index is -0.517. The number of hydrogen-bond donors (Lipinski definition) is 3. The van der Waals surface area contributed by atoms with E-state index in [-0.39, 0.29) is 29.1 Å². The number of H-pyrrole nitrogens is 1.